The van der Waals surface area contributed by atoms with Gasteiger partial charge in [-0.05, 0) is 35.9 Å². The molecule has 0 radical (unpaired) electrons. The summed E-state index contributed by atoms with van der Waals surface area (Å²) in [6, 6.07) is 14.2. The highest BCUT2D eigenvalue weighted by molar-refractivity contribution is 5.95. The third-order valence-corrected chi connectivity index (χ3v) is 4.69. The van der Waals surface area contributed by atoms with E-state index in [-0.39, 0.29) is 11.5 Å². The van der Waals surface area contributed by atoms with Crippen LogP contribution in [0.25, 0.3) is 33.6 Å². The van der Waals surface area contributed by atoms with Gasteiger partial charge in [0.05, 0.1) is 5.56 Å². The minimum absolute atomic E-state index is 0.109. The first kappa shape index (κ1) is 19.3. The van der Waals surface area contributed by atoms with Gasteiger partial charge in [-0.3, -0.25) is 9.78 Å². The monoisotopic (exact) mass is 403 g/mol. The highest BCUT2D eigenvalue weighted by Crippen LogP contribution is 2.34. The van der Waals surface area contributed by atoms with Crippen molar-refractivity contribution in [3.8, 4) is 28.5 Å². The lowest BCUT2D eigenvalue weighted by Gasteiger charge is -2.10. The fourth-order valence-corrected chi connectivity index (χ4v) is 3.17. The third-order valence-electron chi connectivity index (χ3n) is 4.69. The quantitative estimate of drug-likeness (QED) is 0.482. The van der Waals surface area contributed by atoms with E-state index in [1.165, 1.54) is 17.2 Å². The molecule has 1 amide bonds. The van der Waals surface area contributed by atoms with Crippen molar-refractivity contribution in [1.29, 1.82) is 5.26 Å². The van der Waals surface area contributed by atoms with Gasteiger partial charge >= 0.3 is 0 Å². The second kappa shape index (κ2) is 7.41. The second-order valence-corrected chi connectivity index (χ2v) is 6.89. The summed E-state index contributed by atoms with van der Waals surface area (Å²) in [6.45, 7) is 0. The van der Waals surface area contributed by atoms with Crippen LogP contribution in [0.5, 0.6) is 0 Å². The molecule has 0 bridgehead atoms. The van der Waals surface area contributed by atoms with Crippen LogP contribution in [0.4, 0.5) is 8.78 Å². The number of carbonyl (C=O) groups excluding carboxylic acids is 1. The zero-order chi connectivity index (χ0) is 21.4. The molecule has 0 saturated carbocycles. The van der Waals surface area contributed by atoms with E-state index in [1.54, 1.807) is 56.6 Å². The zero-order valence-corrected chi connectivity index (χ0v) is 16.1. The number of nitrogens with zero attached hydrogens (tertiary/aromatic N) is 3. The molecule has 0 unspecified atom stereocenters. The molecule has 0 atom stereocenters. The minimum atomic E-state index is -1.18. The molecule has 0 aliphatic heterocycles. The van der Waals surface area contributed by atoms with E-state index >= 15 is 0 Å². The molecular weight excluding hydrogens is 388 g/mol. The van der Waals surface area contributed by atoms with Gasteiger partial charge in [0.25, 0.3) is 5.91 Å². The van der Waals surface area contributed by atoms with Gasteiger partial charge in [-0.1, -0.05) is 12.1 Å². The lowest BCUT2D eigenvalue weighted by atomic mass is 10.0. The van der Waals surface area contributed by atoms with Gasteiger partial charge in [0.2, 0.25) is 0 Å². The SMILES string of the molecule is CN(C)C(=O)c1ccc(-c2cc3nccc(-c4cc(F)c(F)c(C#N)c4)c3o2)cc1. The van der Waals surface area contributed by atoms with Crippen LogP contribution in [0, 0.1) is 23.0 Å². The number of benzene rings is 2. The smallest absolute Gasteiger partial charge is 0.253 e. The molecular formula is C23H15F2N3O2. The lowest BCUT2D eigenvalue weighted by Crippen LogP contribution is -2.21. The van der Waals surface area contributed by atoms with E-state index in [2.05, 4.69) is 4.98 Å². The van der Waals surface area contributed by atoms with Crippen molar-refractivity contribution >= 4 is 17.0 Å². The molecule has 0 spiro atoms. The first-order chi connectivity index (χ1) is 14.4. The number of aromatic nitrogens is 1. The Balaban J connectivity index is 1.79. The Morgan fingerprint density at radius 2 is 1.80 bits per heavy atom. The van der Waals surface area contributed by atoms with Gasteiger partial charge < -0.3 is 9.32 Å². The molecule has 0 fully saturated rings. The van der Waals surface area contributed by atoms with Gasteiger partial charge in [-0.25, -0.2) is 8.78 Å². The minimum Gasteiger partial charge on any atom is -0.454 e. The van der Waals surface area contributed by atoms with E-state index in [9.17, 15) is 13.6 Å². The van der Waals surface area contributed by atoms with Gasteiger partial charge in [0, 0.05) is 43.0 Å². The van der Waals surface area contributed by atoms with Crippen molar-refractivity contribution in [2.45, 2.75) is 0 Å². The van der Waals surface area contributed by atoms with Gasteiger partial charge in [-0.2, -0.15) is 5.26 Å². The summed E-state index contributed by atoms with van der Waals surface area (Å²) >= 11 is 0. The summed E-state index contributed by atoms with van der Waals surface area (Å²) in [4.78, 5) is 17.8. The molecule has 0 aliphatic carbocycles. The molecule has 0 N–H and O–H groups in total. The number of carbonyl (C=O) groups is 1. The zero-order valence-electron chi connectivity index (χ0n) is 16.1. The summed E-state index contributed by atoms with van der Waals surface area (Å²) in [5.41, 5.74) is 2.60. The Kier molecular flexibility index (Phi) is 4.76. The van der Waals surface area contributed by atoms with E-state index in [1.807, 2.05) is 0 Å². The average molecular weight is 403 g/mol. The van der Waals surface area contributed by atoms with Crippen molar-refractivity contribution in [1.82, 2.24) is 9.88 Å². The first-order valence-electron chi connectivity index (χ1n) is 8.99. The fraction of sp³-hybridized carbons (Fsp3) is 0.0870. The highest BCUT2D eigenvalue weighted by atomic mass is 19.2. The van der Waals surface area contributed by atoms with E-state index in [0.29, 0.717) is 33.6 Å². The molecule has 4 rings (SSSR count). The van der Waals surface area contributed by atoms with Crippen LogP contribution in [0.1, 0.15) is 15.9 Å². The number of halogens is 2. The van der Waals surface area contributed by atoms with Crippen LogP contribution in [0.15, 0.2) is 59.1 Å². The fourth-order valence-electron chi connectivity index (χ4n) is 3.17. The average Bonchev–Trinajstić information content (AvgIpc) is 3.19. The molecule has 5 nitrogen and oxygen atoms in total. The maximum atomic E-state index is 13.9. The van der Waals surface area contributed by atoms with Gasteiger partial charge in [0.15, 0.2) is 17.2 Å². The van der Waals surface area contributed by atoms with Crippen molar-refractivity contribution in [2.24, 2.45) is 0 Å². The largest absolute Gasteiger partial charge is 0.454 e. The number of fused-ring (bicyclic) bond motifs is 1. The lowest BCUT2D eigenvalue weighted by molar-refractivity contribution is 0.0827. The second-order valence-electron chi connectivity index (χ2n) is 6.89. The molecule has 7 heteroatoms. The molecule has 0 saturated heterocycles. The Morgan fingerprint density at radius 3 is 2.47 bits per heavy atom. The Labute approximate surface area is 170 Å². The van der Waals surface area contributed by atoms with Crippen molar-refractivity contribution in [2.75, 3.05) is 14.1 Å². The molecule has 148 valence electrons. The standard InChI is InChI=1S/C23H15F2N3O2/c1-28(2)23(29)14-5-3-13(4-6-14)20-11-19-22(30-20)17(7-8-27-19)15-9-16(12-26)21(25)18(24)10-15/h3-11H,1-2H3. The summed E-state index contributed by atoms with van der Waals surface area (Å²) in [5, 5.41) is 9.06. The number of hydrogen-bond acceptors (Lipinski definition) is 4. The third kappa shape index (κ3) is 3.29. The van der Waals surface area contributed by atoms with Crippen molar-refractivity contribution < 1.29 is 18.0 Å². The predicted octanol–water partition coefficient (Wildman–Crippen LogP) is 5.01. The molecule has 2 aromatic heterocycles. The van der Waals surface area contributed by atoms with E-state index in [4.69, 9.17) is 9.68 Å². The molecule has 4 aromatic rings. The Bertz CT molecular complexity index is 1320. The Hall–Kier alpha value is -4.05. The van der Waals surface area contributed by atoms with E-state index in [0.717, 1.165) is 11.6 Å². The van der Waals surface area contributed by atoms with Crippen molar-refractivity contribution in [3.05, 3.63) is 77.5 Å². The topological polar surface area (TPSA) is 70.1 Å². The number of pyridine rings is 1. The van der Waals surface area contributed by atoms with E-state index < -0.39 is 11.6 Å². The highest BCUT2D eigenvalue weighted by Gasteiger charge is 2.17. The number of rotatable bonds is 3. The predicted molar refractivity (Wildman–Crippen MR) is 108 cm³/mol. The van der Waals surface area contributed by atoms with Crippen LogP contribution in [-0.2, 0) is 0 Å². The van der Waals surface area contributed by atoms with Gasteiger partial charge in [-0.15, -0.1) is 0 Å². The molecule has 0 aliphatic rings. The number of amides is 1. The first-order valence-corrected chi connectivity index (χ1v) is 8.99. The summed E-state index contributed by atoms with van der Waals surface area (Å²) < 4.78 is 33.6. The summed E-state index contributed by atoms with van der Waals surface area (Å²) in [6.07, 6.45) is 1.53. The molecule has 2 heterocycles. The Morgan fingerprint density at radius 1 is 1.07 bits per heavy atom. The number of nitriles is 1. The molecule has 2 aromatic carbocycles. The van der Waals surface area contributed by atoms with Crippen LogP contribution < -0.4 is 0 Å². The maximum Gasteiger partial charge on any atom is 0.253 e. The van der Waals surface area contributed by atoms with Gasteiger partial charge in [0.1, 0.15) is 17.3 Å². The number of furan rings is 1. The number of hydrogen-bond donors (Lipinski definition) is 0. The van der Waals surface area contributed by atoms with Crippen molar-refractivity contribution in [3.63, 3.8) is 0 Å². The summed E-state index contributed by atoms with van der Waals surface area (Å²) in [7, 11) is 3.36. The molecule has 30 heavy (non-hydrogen) atoms. The van der Waals surface area contributed by atoms with Crippen LogP contribution in [0.3, 0.4) is 0 Å². The van der Waals surface area contributed by atoms with Crippen LogP contribution in [0.2, 0.25) is 0 Å². The van der Waals surface area contributed by atoms with Crippen LogP contribution >= 0.6 is 0 Å². The normalized spacial score (nSPS) is 10.8. The van der Waals surface area contributed by atoms with Crippen LogP contribution in [-0.4, -0.2) is 29.9 Å². The maximum absolute atomic E-state index is 13.9. The summed E-state index contributed by atoms with van der Waals surface area (Å²) in [5.74, 6) is -1.89.